The van der Waals surface area contributed by atoms with Gasteiger partial charge in [0, 0.05) is 29.1 Å². The maximum absolute atomic E-state index is 13.2. The Hall–Kier alpha value is -4.36. The van der Waals surface area contributed by atoms with Crippen LogP contribution < -0.4 is 15.4 Å². The molecule has 2 heterocycles. The van der Waals surface area contributed by atoms with E-state index in [2.05, 4.69) is 36.9 Å². The Bertz CT molecular complexity index is 1510. The minimum absolute atomic E-state index is 0.0726. The molecule has 2 amide bonds. The summed E-state index contributed by atoms with van der Waals surface area (Å²) in [6.07, 6.45) is -1.05. The van der Waals surface area contributed by atoms with Gasteiger partial charge in [0.05, 0.1) is 11.6 Å². The number of alkyl halides is 3. The Balaban J connectivity index is 1.55. The standard InChI is InChI=1S/C25H20F3N5O4S/c1-3-20(34)32-16-7-5-9-18(11-16)38(36)21-13-30-23-22(33-21)19(12-29-23)24(35)31-14(2)15-6-4-8-17(10-15)37-25(26,27)28/h3-14H,1H2,2H3,(H,29,30)(H,31,35)(H,32,34)/t14-,38?/m0/s1. The number of nitrogens with zero attached hydrogens (tertiary/aromatic N) is 2. The molecule has 1 unspecified atom stereocenters. The van der Waals surface area contributed by atoms with Crippen molar-refractivity contribution in [3.63, 3.8) is 0 Å². The summed E-state index contributed by atoms with van der Waals surface area (Å²) in [5, 5.41) is 5.36. The van der Waals surface area contributed by atoms with E-state index in [0.717, 1.165) is 12.1 Å². The third-order valence-corrected chi connectivity index (χ3v) is 6.49. The number of ether oxygens (including phenoxy) is 1. The lowest BCUT2D eigenvalue weighted by atomic mass is 10.1. The molecule has 38 heavy (non-hydrogen) atoms. The topological polar surface area (TPSA) is 132 Å². The molecule has 2 atom stereocenters. The maximum atomic E-state index is 13.2. The molecule has 13 heteroatoms. The number of halogens is 3. The summed E-state index contributed by atoms with van der Waals surface area (Å²) in [6.45, 7) is 4.99. The average Bonchev–Trinajstić information content (AvgIpc) is 3.31. The van der Waals surface area contributed by atoms with Crippen molar-refractivity contribution in [2.75, 3.05) is 5.32 Å². The number of fused-ring (bicyclic) bond motifs is 1. The van der Waals surface area contributed by atoms with Crippen LogP contribution in [0.1, 0.15) is 28.9 Å². The van der Waals surface area contributed by atoms with E-state index in [-0.39, 0.29) is 21.8 Å². The molecule has 0 radical (unpaired) electrons. The van der Waals surface area contributed by atoms with Crippen molar-refractivity contribution in [3.05, 3.63) is 84.7 Å². The fourth-order valence-electron chi connectivity index (χ4n) is 3.48. The minimum atomic E-state index is -4.84. The SMILES string of the molecule is C=CC(=O)Nc1cccc([S+]([O-])c2cnc3[nH]cc(C(=O)N[C@@H](C)c4cccc(OC(F)(F)F)c4)c3n2)c1. The highest BCUT2D eigenvalue weighted by atomic mass is 32.2. The third-order valence-electron chi connectivity index (χ3n) is 5.23. The summed E-state index contributed by atoms with van der Waals surface area (Å²) in [5.74, 6) is -1.41. The van der Waals surface area contributed by atoms with E-state index in [0.29, 0.717) is 16.1 Å². The van der Waals surface area contributed by atoms with Gasteiger partial charge in [-0.1, -0.05) is 24.8 Å². The van der Waals surface area contributed by atoms with E-state index in [1.165, 1.54) is 30.6 Å². The number of amides is 2. The van der Waals surface area contributed by atoms with Gasteiger partial charge in [-0.05, 0) is 42.8 Å². The van der Waals surface area contributed by atoms with Gasteiger partial charge in [0.25, 0.3) is 10.9 Å². The first-order valence-corrected chi connectivity index (χ1v) is 12.1. The van der Waals surface area contributed by atoms with Gasteiger partial charge in [-0.2, -0.15) is 4.98 Å². The molecular formula is C25H20F3N5O4S. The van der Waals surface area contributed by atoms with Gasteiger partial charge in [0.15, 0.2) is 10.5 Å². The molecule has 0 saturated heterocycles. The second kappa shape index (κ2) is 10.9. The minimum Gasteiger partial charge on any atom is -0.605 e. The van der Waals surface area contributed by atoms with Gasteiger partial charge in [-0.25, -0.2) is 4.98 Å². The molecular weight excluding hydrogens is 523 g/mol. The van der Waals surface area contributed by atoms with Crippen molar-refractivity contribution < 1.29 is 32.0 Å². The lowest BCUT2D eigenvalue weighted by Gasteiger charge is -2.16. The van der Waals surface area contributed by atoms with Gasteiger partial charge in [0.1, 0.15) is 17.5 Å². The molecule has 4 rings (SSSR count). The van der Waals surface area contributed by atoms with Crippen molar-refractivity contribution in [3.8, 4) is 5.75 Å². The van der Waals surface area contributed by atoms with Crippen LogP contribution in [0.15, 0.2) is 83.5 Å². The van der Waals surface area contributed by atoms with E-state index in [1.807, 2.05) is 0 Å². The molecule has 0 aliphatic rings. The second-order valence-electron chi connectivity index (χ2n) is 7.91. The first-order valence-electron chi connectivity index (χ1n) is 11.0. The fourth-order valence-corrected chi connectivity index (χ4v) is 4.48. The summed E-state index contributed by atoms with van der Waals surface area (Å²) < 4.78 is 54.8. The largest absolute Gasteiger partial charge is 0.605 e. The molecule has 2 aromatic heterocycles. The molecule has 9 nitrogen and oxygen atoms in total. The van der Waals surface area contributed by atoms with Crippen molar-refractivity contribution in [1.82, 2.24) is 20.3 Å². The van der Waals surface area contributed by atoms with Crippen molar-refractivity contribution >= 4 is 39.8 Å². The van der Waals surface area contributed by atoms with E-state index in [1.54, 1.807) is 31.2 Å². The van der Waals surface area contributed by atoms with Crippen LogP contribution in [0.3, 0.4) is 0 Å². The normalized spacial score (nSPS) is 13.0. The first-order chi connectivity index (χ1) is 18.0. The molecule has 0 fully saturated rings. The molecule has 3 N–H and O–H groups in total. The van der Waals surface area contributed by atoms with Crippen LogP contribution in [-0.2, 0) is 16.0 Å². The lowest BCUT2D eigenvalue weighted by Crippen LogP contribution is -2.26. The summed E-state index contributed by atoms with van der Waals surface area (Å²) in [7, 11) is 0. The van der Waals surface area contributed by atoms with Crippen molar-refractivity contribution in [2.45, 2.75) is 29.2 Å². The highest BCUT2D eigenvalue weighted by Crippen LogP contribution is 2.27. The predicted molar refractivity (Wildman–Crippen MR) is 133 cm³/mol. The van der Waals surface area contributed by atoms with Crippen LogP contribution >= 0.6 is 0 Å². The Morgan fingerprint density at radius 3 is 2.71 bits per heavy atom. The number of rotatable bonds is 8. The van der Waals surface area contributed by atoms with Crippen LogP contribution in [-0.4, -0.2) is 37.7 Å². The van der Waals surface area contributed by atoms with E-state index in [9.17, 15) is 27.3 Å². The van der Waals surface area contributed by atoms with E-state index >= 15 is 0 Å². The van der Waals surface area contributed by atoms with Crippen molar-refractivity contribution in [2.24, 2.45) is 0 Å². The van der Waals surface area contributed by atoms with Crippen LogP contribution in [0, 0.1) is 0 Å². The maximum Gasteiger partial charge on any atom is 0.573 e. The van der Waals surface area contributed by atoms with Crippen LogP contribution in [0.2, 0.25) is 0 Å². The van der Waals surface area contributed by atoms with Crippen LogP contribution in [0.5, 0.6) is 5.75 Å². The highest BCUT2D eigenvalue weighted by Gasteiger charge is 2.31. The van der Waals surface area contributed by atoms with Crippen LogP contribution in [0.4, 0.5) is 18.9 Å². The molecule has 0 spiro atoms. The van der Waals surface area contributed by atoms with Gasteiger partial charge >= 0.3 is 6.36 Å². The summed E-state index contributed by atoms with van der Waals surface area (Å²) in [5.41, 5.74) is 1.33. The number of hydrogen-bond acceptors (Lipinski definition) is 6. The Morgan fingerprint density at radius 2 is 1.97 bits per heavy atom. The van der Waals surface area contributed by atoms with Gasteiger partial charge in [0.2, 0.25) is 5.91 Å². The number of anilines is 1. The lowest BCUT2D eigenvalue weighted by molar-refractivity contribution is -0.274. The van der Waals surface area contributed by atoms with Gasteiger partial charge in [-0.3, -0.25) is 9.59 Å². The molecule has 2 aromatic carbocycles. The van der Waals surface area contributed by atoms with Gasteiger partial charge in [-0.15, -0.1) is 13.2 Å². The zero-order valence-electron chi connectivity index (χ0n) is 19.7. The van der Waals surface area contributed by atoms with Crippen molar-refractivity contribution in [1.29, 1.82) is 0 Å². The highest BCUT2D eigenvalue weighted by molar-refractivity contribution is 7.91. The number of benzene rings is 2. The number of H-pyrrole nitrogens is 1. The fraction of sp³-hybridized carbons (Fsp3) is 0.120. The quantitative estimate of drug-likeness (QED) is 0.219. The Kier molecular flexibility index (Phi) is 7.69. The Morgan fingerprint density at radius 1 is 1.21 bits per heavy atom. The molecule has 0 saturated carbocycles. The number of nitrogens with one attached hydrogen (secondary N) is 3. The smallest absolute Gasteiger partial charge is 0.573 e. The molecule has 0 aliphatic carbocycles. The second-order valence-corrected chi connectivity index (χ2v) is 9.34. The zero-order valence-corrected chi connectivity index (χ0v) is 20.5. The summed E-state index contributed by atoms with van der Waals surface area (Å²) in [6, 6.07) is 10.9. The molecule has 196 valence electrons. The summed E-state index contributed by atoms with van der Waals surface area (Å²) >= 11 is -1.79. The first kappa shape index (κ1) is 26.7. The molecule has 0 aliphatic heterocycles. The average molecular weight is 544 g/mol. The predicted octanol–water partition coefficient (Wildman–Crippen LogP) is 4.64. The van der Waals surface area contributed by atoms with Crippen LogP contribution in [0.25, 0.3) is 11.2 Å². The summed E-state index contributed by atoms with van der Waals surface area (Å²) in [4.78, 5) is 36.3. The third kappa shape index (κ3) is 6.30. The van der Waals surface area contributed by atoms with E-state index < -0.39 is 41.1 Å². The Labute approximate surface area is 217 Å². The number of aromatic amines is 1. The molecule has 4 aromatic rings. The number of carbonyl (C=O) groups excluding carboxylic acids is 2. The molecule has 0 bridgehead atoms. The number of aromatic nitrogens is 3. The van der Waals surface area contributed by atoms with Gasteiger partial charge < -0.3 is 24.9 Å². The zero-order chi connectivity index (χ0) is 27.4. The number of carbonyl (C=O) groups is 2. The van der Waals surface area contributed by atoms with E-state index in [4.69, 9.17) is 0 Å². The number of hydrogen-bond donors (Lipinski definition) is 3. The monoisotopic (exact) mass is 543 g/mol.